The molecule has 0 fully saturated rings. The second-order valence-electron chi connectivity index (χ2n) is 4.22. The van der Waals surface area contributed by atoms with Crippen molar-refractivity contribution in [1.29, 1.82) is 0 Å². The summed E-state index contributed by atoms with van der Waals surface area (Å²) >= 11 is 0. The van der Waals surface area contributed by atoms with Gasteiger partial charge in [-0.1, -0.05) is 6.07 Å². The van der Waals surface area contributed by atoms with Gasteiger partial charge in [0.05, 0.1) is 12.7 Å². The summed E-state index contributed by atoms with van der Waals surface area (Å²) in [7, 11) is 1.45. The molecule has 1 heterocycles. The standard InChI is InChI=1S/C14H12F4N2O/c1-21-13-9(3-2-6-19-13)8-20-10-4-5-12(15)11(7-10)14(16,17)18/h2-7,20H,8H2,1H3. The molecule has 0 spiro atoms. The molecule has 0 saturated heterocycles. The Morgan fingerprint density at radius 2 is 2.00 bits per heavy atom. The number of ether oxygens (including phenoxy) is 1. The maximum atomic E-state index is 13.2. The van der Waals surface area contributed by atoms with Crippen molar-refractivity contribution in [2.45, 2.75) is 12.7 Å². The van der Waals surface area contributed by atoms with Crippen LogP contribution in [0.25, 0.3) is 0 Å². The first-order chi connectivity index (χ1) is 9.91. The van der Waals surface area contributed by atoms with Crippen molar-refractivity contribution in [3.8, 4) is 5.88 Å². The van der Waals surface area contributed by atoms with Gasteiger partial charge in [0.15, 0.2) is 0 Å². The van der Waals surface area contributed by atoms with Crippen molar-refractivity contribution in [3.05, 3.63) is 53.5 Å². The smallest absolute Gasteiger partial charge is 0.419 e. The van der Waals surface area contributed by atoms with Crippen molar-refractivity contribution in [2.24, 2.45) is 0 Å². The summed E-state index contributed by atoms with van der Waals surface area (Å²) < 4.78 is 56.0. The molecule has 0 radical (unpaired) electrons. The van der Waals surface area contributed by atoms with Crippen LogP contribution in [0.3, 0.4) is 0 Å². The van der Waals surface area contributed by atoms with Crippen LogP contribution in [-0.2, 0) is 12.7 Å². The second kappa shape index (κ2) is 5.99. The number of pyridine rings is 1. The van der Waals surface area contributed by atoms with Crippen LogP contribution in [0.2, 0.25) is 0 Å². The lowest BCUT2D eigenvalue weighted by atomic mass is 10.1. The second-order valence-corrected chi connectivity index (χ2v) is 4.22. The highest BCUT2D eigenvalue weighted by Crippen LogP contribution is 2.33. The first-order valence-electron chi connectivity index (χ1n) is 6.00. The number of nitrogens with one attached hydrogen (secondary N) is 1. The minimum absolute atomic E-state index is 0.162. The van der Waals surface area contributed by atoms with Crippen LogP contribution < -0.4 is 10.1 Å². The Hall–Kier alpha value is -2.31. The van der Waals surface area contributed by atoms with E-state index in [0.29, 0.717) is 11.4 Å². The Kier molecular flexibility index (Phi) is 4.30. The van der Waals surface area contributed by atoms with Gasteiger partial charge >= 0.3 is 6.18 Å². The van der Waals surface area contributed by atoms with E-state index in [-0.39, 0.29) is 12.2 Å². The lowest BCUT2D eigenvalue weighted by Crippen LogP contribution is -2.09. The molecule has 0 aliphatic heterocycles. The molecule has 0 bridgehead atoms. The molecule has 2 aromatic rings. The number of aromatic nitrogens is 1. The molecular weight excluding hydrogens is 288 g/mol. The molecule has 0 atom stereocenters. The Labute approximate surface area is 118 Å². The molecule has 1 aromatic heterocycles. The molecule has 1 N–H and O–H groups in total. The zero-order valence-corrected chi connectivity index (χ0v) is 11.0. The SMILES string of the molecule is COc1ncccc1CNc1ccc(F)c(C(F)(F)F)c1. The number of methoxy groups -OCH3 is 1. The topological polar surface area (TPSA) is 34.1 Å². The molecule has 0 aliphatic rings. The first kappa shape index (κ1) is 15.1. The third-order valence-corrected chi connectivity index (χ3v) is 2.80. The zero-order valence-electron chi connectivity index (χ0n) is 11.0. The van der Waals surface area contributed by atoms with Gasteiger partial charge in [-0.05, 0) is 24.3 Å². The van der Waals surface area contributed by atoms with E-state index in [1.807, 2.05) is 0 Å². The molecular formula is C14H12F4N2O. The highest BCUT2D eigenvalue weighted by atomic mass is 19.4. The van der Waals surface area contributed by atoms with Gasteiger partial charge in [0.2, 0.25) is 5.88 Å². The lowest BCUT2D eigenvalue weighted by Gasteiger charge is -2.12. The number of hydrogen-bond acceptors (Lipinski definition) is 3. The highest BCUT2D eigenvalue weighted by molar-refractivity contribution is 5.48. The molecule has 0 saturated carbocycles. The summed E-state index contributed by atoms with van der Waals surface area (Å²) in [6, 6.07) is 6.18. The minimum atomic E-state index is -4.73. The number of rotatable bonds is 4. The quantitative estimate of drug-likeness (QED) is 0.871. The van der Waals surface area contributed by atoms with Gasteiger partial charge in [-0.2, -0.15) is 13.2 Å². The molecule has 0 aliphatic carbocycles. The van der Waals surface area contributed by atoms with Crippen LogP contribution in [0.4, 0.5) is 23.2 Å². The fraction of sp³-hybridized carbons (Fsp3) is 0.214. The maximum Gasteiger partial charge on any atom is 0.419 e. The molecule has 2 rings (SSSR count). The van der Waals surface area contributed by atoms with Crippen LogP contribution in [0, 0.1) is 5.82 Å². The monoisotopic (exact) mass is 300 g/mol. The Morgan fingerprint density at radius 1 is 1.24 bits per heavy atom. The average Bonchev–Trinajstić information content (AvgIpc) is 2.45. The van der Waals surface area contributed by atoms with E-state index in [0.717, 1.165) is 12.1 Å². The van der Waals surface area contributed by atoms with Crippen LogP contribution >= 0.6 is 0 Å². The van der Waals surface area contributed by atoms with Crippen molar-refractivity contribution in [3.63, 3.8) is 0 Å². The van der Waals surface area contributed by atoms with E-state index in [2.05, 4.69) is 10.3 Å². The summed E-state index contributed by atoms with van der Waals surface area (Å²) in [5.41, 5.74) is -0.460. The summed E-state index contributed by atoms with van der Waals surface area (Å²) in [5, 5.41) is 2.79. The van der Waals surface area contributed by atoms with Crippen LogP contribution in [-0.4, -0.2) is 12.1 Å². The van der Waals surface area contributed by atoms with E-state index in [1.165, 1.54) is 13.2 Å². The van der Waals surface area contributed by atoms with Gasteiger partial charge in [-0.3, -0.25) is 0 Å². The third-order valence-electron chi connectivity index (χ3n) is 2.80. The fourth-order valence-electron chi connectivity index (χ4n) is 1.79. The van der Waals surface area contributed by atoms with Gasteiger partial charge in [0, 0.05) is 24.0 Å². The molecule has 112 valence electrons. The Balaban J connectivity index is 2.17. The maximum absolute atomic E-state index is 13.2. The Bertz CT molecular complexity index is 629. The van der Waals surface area contributed by atoms with Crippen molar-refractivity contribution in [1.82, 2.24) is 4.98 Å². The molecule has 7 heteroatoms. The van der Waals surface area contributed by atoms with Gasteiger partial charge in [-0.25, -0.2) is 9.37 Å². The molecule has 0 unspecified atom stereocenters. The van der Waals surface area contributed by atoms with E-state index >= 15 is 0 Å². The van der Waals surface area contributed by atoms with E-state index in [9.17, 15) is 17.6 Å². The third kappa shape index (κ3) is 3.62. The van der Waals surface area contributed by atoms with Crippen LogP contribution in [0.1, 0.15) is 11.1 Å². The fourth-order valence-corrected chi connectivity index (χ4v) is 1.79. The van der Waals surface area contributed by atoms with Gasteiger partial charge in [0.1, 0.15) is 5.82 Å². The number of nitrogens with zero attached hydrogens (tertiary/aromatic N) is 1. The average molecular weight is 300 g/mol. The predicted molar refractivity (Wildman–Crippen MR) is 69.5 cm³/mol. The van der Waals surface area contributed by atoms with E-state index in [1.54, 1.807) is 18.3 Å². The van der Waals surface area contributed by atoms with Gasteiger partial charge in [0.25, 0.3) is 0 Å². The number of halogens is 4. The molecule has 21 heavy (non-hydrogen) atoms. The van der Waals surface area contributed by atoms with Gasteiger partial charge < -0.3 is 10.1 Å². The highest BCUT2D eigenvalue weighted by Gasteiger charge is 2.34. The summed E-state index contributed by atoms with van der Waals surface area (Å²) in [6.45, 7) is 0.208. The van der Waals surface area contributed by atoms with Crippen molar-refractivity contribution >= 4 is 5.69 Å². The summed E-state index contributed by atoms with van der Waals surface area (Å²) in [6.07, 6.45) is -3.18. The number of alkyl halides is 3. The molecule has 0 amide bonds. The zero-order chi connectivity index (χ0) is 15.5. The normalized spacial score (nSPS) is 11.3. The number of benzene rings is 1. The number of anilines is 1. The summed E-state index contributed by atoms with van der Waals surface area (Å²) in [4.78, 5) is 3.98. The largest absolute Gasteiger partial charge is 0.481 e. The predicted octanol–water partition coefficient (Wildman–Crippen LogP) is 3.86. The molecule has 3 nitrogen and oxygen atoms in total. The van der Waals surface area contributed by atoms with E-state index in [4.69, 9.17) is 4.74 Å². The molecule has 1 aromatic carbocycles. The van der Waals surface area contributed by atoms with Crippen LogP contribution in [0.5, 0.6) is 5.88 Å². The van der Waals surface area contributed by atoms with Crippen LogP contribution in [0.15, 0.2) is 36.5 Å². The number of hydrogen-bond donors (Lipinski definition) is 1. The van der Waals surface area contributed by atoms with Crippen molar-refractivity contribution < 1.29 is 22.3 Å². The van der Waals surface area contributed by atoms with E-state index < -0.39 is 17.6 Å². The van der Waals surface area contributed by atoms with Crippen molar-refractivity contribution in [2.75, 3.05) is 12.4 Å². The van der Waals surface area contributed by atoms with Gasteiger partial charge in [-0.15, -0.1) is 0 Å². The Morgan fingerprint density at radius 3 is 2.67 bits per heavy atom. The lowest BCUT2D eigenvalue weighted by molar-refractivity contribution is -0.139. The first-order valence-corrected chi connectivity index (χ1v) is 6.00. The minimum Gasteiger partial charge on any atom is -0.481 e. The summed E-state index contributed by atoms with van der Waals surface area (Å²) in [5.74, 6) is -0.921.